The van der Waals surface area contributed by atoms with Crippen LogP contribution in [0.2, 0.25) is 0 Å². The highest BCUT2D eigenvalue weighted by molar-refractivity contribution is 5.81. The number of nitrogens with zero attached hydrogens (tertiary/aromatic N) is 1. The molecule has 0 spiro atoms. The van der Waals surface area contributed by atoms with Crippen molar-refractivity contribution in [2.45, 2.75) is 51.4 Å². The van der Waals surface area contributed by atoms with E-state index in [2.05, 4.69) is 24.1 Å². The molecular formula is C19H31N3O2. The smallest absolute Gasteiger partial charge is 0.237 e. The SMILES string of the molecule is CC1CN(CCCCNC(=O)C(N)Cc2ccccc2)CC(C)O1. The summed E-state index contributed by atoms with van der Waals surface area (Å²) in [5, 5.41) is 2.95. The van der Waals surface area contributed by atoms with E-state index in [1.165, 1.54) is 0 Å². The van der Waals surface area contributed by atoms with Crippen LogP contribution in [0.25, 0.3) is 0 Å². The predicted octanol–water partition coefficient (Wildman–Crippen LogP) is 1.56. The molecule has 1 aliphatic rings. The number of benzene rings is 1. The van der Waals surface area contributed by atoms with Crippen molar-refractivity contribution >= 4 is 5.91 Å². The molecule has 1 aromatic rings. The van der Waals surface area contributed by atoms with Gasteiger partial charge in [-0.05, 0) is 45.2 Å². The average Bonchev–Trinajstić information content (AvgIpc) is 2.54. The van der Waals surface area contributed by atoms with Gasteiger partial charge in [-0.2, -0.15) is 0 Å². The Morgan fingerprint density at radius 3 is 2.58 bits per heavy atom. The molecule has 1 saturated heterocycles. The predicted molar refractivity (Wildman–Crippen MR) is 96.8 cm³/mol. The van der Waals surface area contributed by atoms with Gasteiger partial charge in [0.05, 0.1) is 18.2 Å². The van der Waals surface area contributed by atoms with E-state index in [1.54, 1.807) is 0 Å². The summed E-state index contributed by atoms with van der Waals surface area (Å²) in [6, 6.07) is 9.41. The van der Waals surface area contributed by atoms with Gasteiger partial charge in [0.2, 0.25) is 5.91 Å². The van der Waals surface area contributed by atoms with Crippen LogP contribution in [0.5, 0.6) is 0 Å². The van der Waals surface area contributed by atoms with Crippen LogP contribution in [0.1, 0.15) is 32.3 Å². The number of hydrogen-bond donors (Lipinski definition) is 2. The molecule has 0 aromatic heterocycles. The first kappa shape index (κ1) is 18.9. The van der Waals surface area contributed by atoms with E-state index in [4.69, 9.17) is 10.5 Å². The number of unbranched alkanes of at least 4 members (excludes halogenated alkanes) is 1. The minimum atomic E-state index is -0.478. The quantitative estimate of drug-likeness (QED) is 0.709. The molecule has 0 bridgehead atoms. The summed E-state index contributed by atoms with van der Waals surface area (Å²) < 4.78 is 5.74. The second kappa shape index (κ2) is 9.77. The fraction of sp³-hybridized carbons (Fsp3) is 0.632. The molecular weight excluding hydrogens is 302 g/mol. The van der Waals surface area contributed by atoms with Crippen LogP contribution in [-0.4, -0.2) is 55.2 Å². The van der Waals surface area contributed by atoms with Crippen LogP contribution in [-0.2, 0) is 16.0 Å². The standard InChI is InChI=1S/C19H31N3O2/c1-15-13-22(14-16(2)24-15)11-7-6-10-21-19(23)18(20)12-17-8-4-3-5-9-17/h3-5,8-9,15-16,18H,6-7,10-14,20H2,1-2H3,(H,21,23). The fourth-order valence-electron chi connectivity index (χ4n) is 3.23. The van der Waals surface area contributed by atoms with Crippen LogP contribution in [0.4, 0.5) is 0 Å². The summed E-state index contributed by atoms with van der Waals surface area (Å²) in [5.41, 5.74) is 7.07. The van der Waals surface area contributed by atoms with Gasteiger partial charge >= 0.3 is 0 Å². The third kappa shape index (κ3) is 6.59. The van der Waals surface area contributed by atoms with Gasteiger partial charge in [-0.1, -0.05) is 30.3 Å². The second-order valence-corrected chi connectivity index (χ2v) is 6.81. The van der Waals surface area contributed by atoms with E-state index in [9.17, 15) is 4.79 Å². The number of morpholine rings is 1. The molecule has 1 aliphatic heterocycles. The van der Waals surface area contributed by atoms with Crippen LogP contribution in [0, 0.1) is 0 Å². The van der Waals surface area contributed by atoms with E-state index in [0.29, 0.717) is 25.2 Å². The lowest BCUT2D eigenvalue weighted by atomic mass is 10.1. The first-order chi connectivity index (χ1) is 11.5. The van der Waals surface area contributed by atoms with E-state index in [-0.39, 0.29) is 5.91 Å². The molecule has 24 heavy (non-hydrogen) atoms. The van der Waals surface area contributed by atoms with Crippen molar-refractivity contribution in [3.8, 4) is 0 Å². The Labute approximate surface area is 145 Å². The van der Waals surface area contributed by atoms with Gasteiger partial charge in [0.25, 0.3) is 0 Å². The molecule has 0 aliphatic carbocycles. The Hall–Kier alpha value is -1.43. The highest BCUT2D eigenvalue weighted by atomic mass is 16.5. The van der Waals surface area contributed by atoms with Crippen molar-refractivity contribution in [1.29, 1.82) is 0 Å². The maximum Gasteiger partial charge on any atom is 0.237 e. The van der Waals surface area contributed by atoms with Crippen molar-refractivity contribution in [3.05, 3.63) is 35.9 Å². The molecule has 1 heterocycles. The topological polar surface area (TPSA) is 67.6 Å². The third-order valence-electron chi connectivity index (χ3n) is 4.33. The zero-order chi connectivity index (χ0) is 17.4. The Kier molecular flexibility index (Phi) is 7.69. The molecule has 1 amide bonds. The summed E-state index contributed by atoms with van der Waals surface area (Å²) in [6.45, 7) is 7.99. The fourth-order valence-corrected chi connectivity index (χ4v) is 3.23. The Morgan fingerprint density at radius 1 is 1.25 bits per heavy atom. The van der Waals surface area contributed by atoms with Crippen LogP contribution >= 0.6 is 0 Å². The number of nitrogens with two attached hydrogens (primary N) is 1. The molecule has 3 unspecified atom stereocenters. The molecule has 0 saturated carbocycles. The van der Waals surface area contributed by atoms with Crippen LogP contribution < -0.4 is 11.1 Å². The lowest BCUT2D eigenvalue weighted by Gasteiger charge is -2.35. The summed E-state index contributed by atoms with van der Waals surface area (Å²) in [7, 11) is 0. The van der Waals surface area contributed by atoms with Gasteiger partial charge in [0.1, 0.15) is 0 Å². The van der Waals surface area contributed by atoms with E-state index in [0.717, 1.165) is 38.0 Å². The van der Waals surface area contributed by atoms with Crippen molar-refractivity contribution in [2.24, 2.45) is 5.73 Å². The Bertz CT molecular complexity index is 485. The van der Waals surface area contributed by atoms with E-state index < -0.39 is 6.04 Å². The number of carbonyl (C=O) groups excluding carboxylic acids is 1. The first-order valence-corrected chi connectivity index (χ1v) is 8.99. The molecule has 1 fully saturated rings. The van der Waals surface area contributed by atoms with Crippen LogP contribution in [0.15, 0.2) is 30.3 Å². The van der Waals surface area contributed by atoms with Crippen molar-refractivity contribution in [1.82, 2.24) is 10.2 Å². The number of amides is 1. The molecule has 3 atom stereocenters. The summed E-state index contributed by atoms with van der Waals surface area (Å²) in [6.07, 6.45) is 3.25. The minimum Gasteiger partial charge on any atom is -0.373 e. The largest absolute Gasteiger partial charge is 0.373 e. The lowest BCUT2D eigenvalue weighted by Crippen LogP contribution is -2.46. The van der Waals surface area contributed by atoms with Gasteiger partial charge < -0.3 is 15.8 Å². The van der Waals surface area contributed by atoms with Crippen molar-refractivity contribution < 1.29 is 9.53 Å². The minimum absolute atomic E-state index is 0.0625. The van der Waals surface area contributed by atoms with Gasteiger partial charge in [-0.25, -0.2) is 0 Å². The van der Waals surface area contributed by atoms with Crippen molar-refractivity contribution in [3.63, 3.8) is 0 Å². The summed E-state index contributed by atoms with van der Waals surface area (Å²) in [4.78, 5) is 14.5. The number of ether oxygens (including phenoxy) is 1. The summed E-state index contributed by atoms with van der Waals surface area (Å²) in [5.74, 6) is -0.0625. The molecule has 5 heteroatoms. The van der Waals surface area contributed by atoms with E-state index in [1.807, 2.05) is 30.3 Å². The Morgan fingerprint density at radius 2 is 1.92 bits per heavy atom. The number of carbonyl (C=O) groups is 1. The molecule has 2 rings (SSSR count). The molecule has 5 nitrogen and oxygen atoms in total. The maximum atomic E-state index is 12.0. The van der Waals surface area contributed by atoms with Gasteiger partial charge in [0.15, 0.2) is 0 Å². The third-order valence-corrected chi connectivity index (χ3v) is 4.33. The summed E-state index contributed by atoms with van der Waals surface area (Å²) >= 11 is 0. The second-order valence-electron chi connectivity index (χ2n) is 6.81. The van der Waals surface area contributed by atoms with Gasteiger partial charge in [-0.15, -0.1) is 0 Å². The number of nitrogens with one attached hydrogen (secondary N) is 1. The first-order valence-electron chi connectivity index (χ1n) is 8.99. The Balaban J connectivity index is 1.57. The molecule has 1 aromatic carbocycles. The lowest BCUT2D eigenvalue weighted by molar-refractivity contribution is -0.122. The zero-order valence-corrected chi connectivity index (χ0v) is 14.9. The van der Waals surface area contributed by atoms with Gasteiger partial charge in [-0.3, -0.25) is 9.69 Å². The molecule has 0 radical (unpaired) electrons. The molecule has 3 N–H and O–H groups in total. The number of rotatable bonds is 8. The van der Waals surface area contributed by atoms with Crippen LogP contribution in [0.3, 0.4) is 0 Å². The van der Waals surface area contributed by atoms with Gasteiger partial charge in [0, 0.05) is 19.6 Å². The normalized spacial score (nSPS) is 23.0. The highest BCUT2D eigenvalue weighted by Gasteiger charge is 2.21. The highest BCUT2D eigenvalue weighted by Crippen LogP contribution is 2.11. The zero-order valence-electron chi connectivity index (χ0n) is 14.9. The average molecular weight is 333 g/mol. The maximum absolute atomic E-state index is 12.0. The monoisotopic (exact) mass is 333 g/mol. The number of hydrogen-bond acceptors (Lipinski definition) is 4. The molecule has 134 valence electrons. The van der Waals surface area contributed by atoms with E-state index >= 15 is 0 Å². The van der Waals surface area contributed by atoms with Crippen molar-refractivity contribution in [2.75, 3.05) is 26.2 Å².